The van der Waals surface area contributed by atoms with Crippen molar-refractivity contribution in [3.05, 3.63) is 59.6 Å². The predicted molar refractivity (Wildman–Crippen MR) is 100 cm³/mol. The molecule has 0 aliphatic carbocycles. The molecule has 1 aromatic carbocycles. The Labute approximate surface area is 156 Å². The van der Waals surface area contributed by atoms with Gasteiger partial charge in [-0.3, -0.25) is 4.90 Å². The van der Waals surface area contributed by atoms with Gasteiger partial charge in [-0.1, -0.05) is 41.6 Å². The van der Waals surface area contributed by atoms with E-state index in [1.165, 1.54) is 11.3 Å². The molecule has 26 heavy (non-hydrogen) atoms. The molecule has 8 heteroatoms. The van der Waals surface area contributed by atoms with Crippen molar-refractivity contribution in [3.63, 3.8) is 0 Å². The summed E-state index contributed by atoms with van der Waals surface area (Å²) in [6.07, 6.45) is 0. The van der Waals surface area contributed by atoms with E-state index in [4.69, 9.17) is 4.52 Å². The second-order valence-electron chi connectivity index (χ2n) is 6.16. The molecule has 1 saturated heterocycles. The van der Waals surface area contributed by atoms with Crippen molar-refractivity contribution in [1.82, 2.24) is 14.4 Å². The highest BCUT2D eigenvalue weighted by Crippen LogP contribution is 2.23. The Balaban J connectivity index is 1.37. The molecule has 0 radical (unpaired) electrons. The van der Waals surface area contributed by atoms with Crippen molar-refractivity contribution in [2.75, 3.05) is 26.2 Å². The lowest BCUT2D eigenvalue weighted by atomic mass is 10.1. The molecule has 0 atom stereocenters. The summed E-state index contributed by atoms with van der Waals surface area (Å²) in [7, 11) is -3.36. The minimum Gasteiger partial charge on any atom is -0.356 e. The maximum atomic E-state index is 12.6. The summed E-state index contributed by atoms with van der Waals surface area (Å²) in [6.45, 7) is 2.99. The highest BCUT2D eigenvalue weighted by molar-refractivity contribution is 7.91. The lowest BCUT2D eigenvalue weighted by molar-refractivity contribution is 0.178. The average molecular weight is 390 g/mol. The van der Waals surface area contributed by atoms with Crippen molar-refractivity contribution in [1.29, 1.82) is 0 Å². The zero-order chi connectivity index (χ0) is 18.0. The number of piperazine rings is 1. The van der Waals surface area contributed by atoms with Crippen LogP contribution in [-0.2, 0) is 16.6 Å². The molecule has 1 aliphatic rings. The second kappa shape index (κ2) is 7.32. The van der Waals surface area contributed by atoms with Gasteiger partial charge in [0.05, 0.1) is 5.69 Å². The Kier molecular flexibility index (Phi) is 4.90. The van der Waals surface area contributed by atoms with Gasteiger partial charge in [-0.25, -0.2) is 8.42 Å². The van der Waals surface area contributed by atoms with E-state index in [-0.39, 0.29) is 0 Å². The lowest BCUT2D eigenvalue weighted by Crippen LogP contribution is -2.48. The molecule has 1 fully saturated rings. The minimum absolute atomic E-state index is 0.412. The third kappa shape index (κ3) is 3.59. The standard InChI is InChI=1S/C18H19N3O3S2/c22-26(23,18-7-4-12-25-18)21-10-8-20(9-11-21)14-16-13-17(24-19-16)15-5-2-1-3-6-15/h1-7,12-13H,8-11,14H2. The first-order valence-electron chi connectivity index (χ1n) is 8.40. The van der Waals surface area contributed by atoms with E-state index < -0.39 is 10.0 Å². The zero-order valence-corrected chi connectivity index (χ0v) is 15.7. The first-order chi connectivity index (χ1) is 12.6. The first kappa shape index (κ1) is 17.4. The van der Waals surface area contributed by atoms with Gasteiger partial charge in [0.25, 0.3) is 10.0 Å². The van der Waals surface area contributed by atoms with E-state index in [1.807, 2.05) is 36.4 Å². The molecule has 2 aromatic heterocycles. The van der Waals surface area contributed by atoms with Gasteiger partial charge in [-0.05, 0) is 11.4 Å². The molecule has 4 rings (SSSR count). The SMILES string of the molecule is O=S(=O)(c1cccs1)N1CCN(Cc2cc(-c3ccccc3)on2)CC1. The van der Waals surface area contributed by atoms with Crippen molar-refractivity contribution in [2.24, 2.45) is 0 Å². The van der Waals surface area contributed by atoms with Crippen molar-refractivity contribution < 1.29 is 12.9 Å². The Bertz CT molecular complexity index is 945. The third-order valence-electron chi connectivity index (χ3n) is 4.42. The van der Waals surface area contributed by atoms with Crippen LogP contribution in [0.4, 0.5) is 0 Å². The molecule has 1 aliphatic heterocycles. The summed E-state index contributed by atoms with van der Waals surface area (Å²) in [4.78, 5) is 2.20. The maximum Gasteiger partial charge on any atom is 0.252 e. The van der Waals surface area contributed by atoms with Crippen LogP contribution in [0.25, 0.3) is 11.3 Å². The second-order valence-corrected chi connectivity index (χ2v) is 9.27. The smallest absolute Gasteiger partial charge is 0.252 e. The van der Waals surface area contributed by atoms with Gasteiger partial charge in [0.15, 0.2) is 5.76 Å². The third-order valence-corrected chi connectivity index (χ3v) is 7.70. The molecule has 6 nitrogen and oxygen atoms in total. The molecule has 3 heterocycles. The van der Waals surface area contributed by atoms with Gasteiger partial charge in [-0.15, -0.1) is 11.3 Å². The Hall–Kier alpha value is -2.00. The van der Waals surface area contributed by atoms with Gasteiger partial charge in [0, 0.05) is 44.4 Å². The molecule has 0 N–H and O–H groups in total. The highest BCUT2D eigenvalue weighted by Gasteiger charge is 2.29. The maximum absolute atomic E-state index is 12.6. The summed E-state index contributed by atoms with van der Waals surface area (Å²) in [5.41, 5.74) is 1.86. The highest BCUT2D eigenvalue weighted by atomic mass is 32.2. The molecule has 0 unspecified atom stereocenters. The van der Waals surface area contributed by atoms with Gasteiger partial charge in [-0.2, -0.15) is 4.31 Å². The number of hydrogen-bond acceptors (Lipinski definition) is 6. The normalized spacial score (nSPS) is 16.8. The number of benzene rings is 1. The molecular weight excluding hydrogens is 370 g/mol. The largest absolute Gasteiger partial charge is 0.356 e. The lowest BCUT2D eigenvalue weighted by Gasteiger charge is -2.33. The zero-order valence-electron chi connectivity index (χ0n) is 14.1. The predicted octanol–water partition coefficient (Wildman–Crippen LogP) is 2.91. The average Bonchev–Trinajstić information content (AvgIpc) is 3.35. The topological polar surface area (TPSA) is 66.7 Å². The van der Waals surface area contributed by atoms with Crippen LogP contribution in [-0.4, -0.2) is 49.0 Å². The molecule has 0 saturated carbocycles. The van der Waals surface area contributed by atoms with Crippen LogP contribution in [0, 0.1) is 0 Å². The van der Waals surface area contributed by atoms with E-state index in [2.05, 4.69) is 10.1 Å². The summed E-state index contributed by atoms with van der Waals surface area (Å²) in [5, 5.41) is 5.94. The molecule has 3 aromatic rings. The quantitative estimate of drug-likeness (QED) is 0.671. The fourth-order valence-electron chi connectivity index (χ4n) is 3.02. The monoisotopic (exact) mass is 389 g/mol. The van der Waals surface area contributed by atoms with E-state index in [0.29, 0.717) is 36.9 Å². The van der Waals surface area contributed by atoms with Crippen LogP contribution in [0.1, 0.15) is 5.69 Å². The van der Waals surface area contributed by atoms with Gasteiger partial charge in [0.1, 0.15) is 4.21 Å². The Morgan fingerprint density at radius 3 is 2.50 bits per heavy atom. The van der Waals surface area contributed by atoms with Crippen molar-refractivity contribution in [3.8, 4) is 11.3 Å². The molecule has 136 valence electrons. The van der Waals surface area contributed by atoms with Crippen LogP contribution in [0.3, 0.4) is 0 Å². The van der Waals surface area contributed by atoms with E-state index >= 15 is 0 Å². The van der Waals surface area contributed by atoms with Crippen LogP contribution in [0.5, 0.6) is 0 Å². The van der Waals surface area contributed by atoms with Crippen molar-refractivity contribution >= 4 is 21.4 Å². The number of hydrogen-bond donors (Lipinski definition) is 0. The fraction of sp³-hybridized carbons (Fsp3) is 0.278. The summed E-state index contributed by atoms with van der Waals surface area (Å²) in [5.74, 6) is 0.750. The molecule has 0 bridgehead atoms. The summed E-state index contributed by atoms with van der Waals surface area (Å²) >= 11 is 1.26. The van der Waals surface area contributed by atoms with E-state index in [1.54, 1.807) is 21.8 Å². The van der Waals surface area contributed by atoms with E-state index in [9.17, 15) is 8.42 Å². The number of thiophene rings is 1. The minimum atomic E-state index is -3.36. The van der Waals surface area contributed by atoms with E-state index in [0.717, 1.165) is 17.0 Å². The number of sulfonamides is 1. The van der Waals surface area contributed by atoms with Crippen molar-refractivity contribution in [2.45, 2.75) is 10.8 Å². The molecular formula is C18H19N3O3S2. The van der Waals surface area contributed by atoms with Gasteiger partial charge >= 0.3 is 0 Å². The number of rotatable bonds is 5. The van der Waals surface area contributed by atoms with Crippen LogP contribution < -0.4 is 0 Å². The van der Waals surface area contributed by atoms with Crippen LogP contribution in [0.15, 0.2) is 62.6 Å². The summed E-state index contributed by atoms with van der Waals surface area (Å²) < 4.78 is 32.5. The molecule has 0 amide bonds. The fourth-order valence-corrected chi connectivity index (χ4v) is 5.59. The van der Waals surface area contributed by atoms with Gasteiger partial charge in [0.2, 0.25) is 0 Å². The number of nitrogens with zero attached hydrogens (tertiary/aromatic N) is 3. The number of aromatic nitrogens is 1. The van der Waals surface area contributed by atoms with Crippen LogP contribution >= 0.6 is 11.3 Å². The Morgan fingerprint density at radius 1 is 1.04 bits per heavy atom. The van der Waals surface area contributed by atoms with Crippen LogP contribution in [0.2, 0.25) is 0 Å². The summed E-state index contributed by atoms with van der Waals surface area (Å²) in [6, 6.07) is 15.2. The Morgan fingerprint density at radius 2 is 1.81 bits per heavy atom. The first-order valence-corrected chi connectivity index (χ1v) is 10.7. The molecule has 0 spiro atoms. The van der Waals surface area contributed by atoms with Gasteiger partial charge < -0.3 is 4.52 Å².